The maximum absolute atomic E-state index is 13.0. The SMILES string of the molecule is COC(=O)[C@@H]1NC(=O)[C@@H]1NC(=O)C(=NOCc1ccccc1)C1=CSCN1NC(=O)CCl. The van der Waals surface area contributed by atoms with Gasteiger partial charge in [-0.05, 0) is 5.56 Å². The zero-order valence-corrected chi connectivity index (χ0v) is 18.4. The van der Waals surface area contributed by atoms with Crippen LogP contribution in [0.4, 0.5) is 0 Å². The molecule has 0 spiro atoms. The van der Waals surface area contributed by atoms with Gasteiger partial charge >= 0.3 is 5.97 Å². The number of nitrogens with zero attached hydrogens (tertiary/aromatic N) is 2. The van der Waals surface area contributed by atoms with Gasteiger partial charge < -0.3 is 20.2 Å². The van der Waals surface area contributed by atoms with Crippen molar-refractivity contribution in [3.8, 4) is 0 Å². The van der Waals surface area contributed by atoms with Crippen molar-refractivity contribution >= 4 is 52.8 Å². The number of halogens is 1. The molecule has 11 nitrogen and oxygen atoms in total. The first-order valence-electron chi connectivity index (χ1n) is 9.32. The van der Waals surface area contributed by atoms with Crippen LogP contribution >= 0.6 is 23.4 Å². The molecule has 13 heteroatoms. The second-order valence-electron chi connectivity index (χ2n) is 6.55. The number of amides is 3. The molecule has 1 fully saturated rings. The van der Waals surface area contributed by atoms with Gasteiger partial charge in [0.2, 0.25) is 5.91 Å². The molecule has 0 saturated carbocycles. The van der Waals surface area contributed by atoms with E-state index in [9.17, 15) is 19.2 Å². The molecule has 1 aromatic carbocycles. The highest BCUT2D eigenvalue weighted by Gasteiger charge is 2.46. The number of thioether (sulfide) groups is 1. The average Bonchev–Trinajstić information content (AvgIpc) is 3.26. The van der Waals surface area contributed by atoms with Crippen LogP contribution in [0.5, 0.6) is 0 Å². The number of ether oxygens (including phenoxy) is 1. The van der Waals surface area contributed by atoms with Gasteiger partial charge in [0.05, 0.1) is 18.7 Å². The quantitative estimate of drug-likeness (QED) is 0.145. The lowest BCUT2D eigenvalue weighted by Gasteiger charge is -2.34. The predicted molar refractivity (Wildman–Crippen MR) is 116 cm³/mol. The highest BCUT2D eigenvalue weighted by Crippen LogP contribution is 2.23. The largest absolute Gasteiger partial charge is 0.467 e. The van der Waals surface area contributed by atoms with Crippen LogP contribution in [0.25, 0.3) is 0 Å². The number of β-lactam (4-membered cyclic amide) rings is 1. The number of alkyl halides is 1. The molecule has 1 saturated heterocycles. The van der Waals surface area contributed by atoms with Crippen LogP contribution in [0, 0.1) is 0 Å². The van der Waals surface area contributed by atoms with Crippen molar-refractivity contribution < 1.29 is 28.8 Å². The Labute approximate surface area is 192 Å². The van der Waals surface area contributed by atoms with Crippen molar-refractivity contribution in [3.63, 3.8) is 0 Å². The van der Waals surface area contributed by atoms with Crippen LogP contribution < -0.4 is 16.1 Å². The van der Waals surface area contributed by atoms with E-state index < -0.39 is 35.8 Å². The van der Waals surface area contributed by atoms with Crippen LogP contribution in [-0.4, -0.2) is 65.4 Å². The van der Waals surface area contributed by atoms with Gasteiger partial charge in [-0.1, -0.05) is 35.5 Å². The number of hydrazine groups is 1. The number of hydrogen-bond donors (Lipinski definition) is 3. The molecule has 0 aromatic heterocycles. The summed E-state index contributed by atoms with van der Waals surface area (Å²) in [6.07, 6.45) is 0. The van der Waals surface area contributed by atoms with E-state index in [1.165, 1.54) is 23.9 Å². The predicted octanol–water partition coefficient (Wildman–Crippen LogP) is -0.167. The van der Waals surface area contributed by atoms with Crippen molar-refractivity contribution in [1.29, 1.82) is 0 Å². The fourth-order valence-corrected chi connectivity index (χ4v) is 3.68. The summed E-state index contributed by atoms with van der Waals surface area (Å²) in [5.41, 5.74) is 3.43. The second-order valence-corrected chi connectivity index (χ2v) is 7.65. The van der Waals surface area contributed by atoms with Crippen LogP contribution in [0.3, 0.4) is 0 Å². The summed E-state index contributed by atoms with van der Waals surface area (Å²) in [7, 11) is 1.17. The average molecular weight is 482 g/mol. The first kappa shape index (κ1) is 23.4. The molecule has 3 amide bonds. The Hall–Kier alpha value is -3.25. The van der Waals surface area contributed by atoms with Crippen LogP contribution in [0.15, 0.2) is 46.6 Å². The monoisotopic (exact) mass is 481 g/mol. The van der Waals surface area contributed by atoms with Gasteiger partial charge in [0.1, 0.15) is 18.5 Å². The van der Waals surface area contributed by atoms with Crippen molar-refractivity contribution in [1.82, 2.24) is 21.1 Å². The van der Waals surface area contributed by atoms with Gasteiger partial charge in [-0.15, -0.1) is 23.4 Å². The number of esters is 1. The second kappa shape index (κ2) is 10.9. The fraction of sp³-hybridized carbons (Fsp3) is 0.316. The number of benzene rings is 1. The third-order valence-corrected chi connectivity index (χ3v) is 5.45. The Kier molecular flexibility index (Phi) is 7.95. The summed E-state index contributed by atoms with van der Waals surface area (Å²) in [5.74, 6) is -2.46. The standard InChI is InChI=1S/C19H20ClN5O6S/c1-30-19(29)16-15(18(28)22-16)21-17(27)14(24-31-8-11-5-3-2-4-6-11)12-9-32-10-25(12)23-13(26)7-20/h2-6,9,15-16H,7-8,10H2,1H3,(H,21,27)(H,22,28)(H,23,26)/t15-,16-/m1/s1. The summed E-state index contributed by atoms with van der Waals surface area (Å²) < 4.78 is 4.62. The van der Waals surface area contributed by atoms with E-state index in [2.05, 4.69) is 26.0 Å². The highest BCUT2D eigenvalue weighted by molar-refractivity contribution is 8.02. The normalized spacial score (nSPS) is 19.9. The van der Waals surface area contributed by atoms with Crippen LogP contribution in [0.2, 0.25) is 0 Å². The minimum atomic E-state index is -1.13. The van der Waals surface area contributed by atoms with E-state index in [1.807, 2.05) is 30.3 Å². The Balaban J connectivity index is 1.78. The lowest BCUT2D eigenvalue weighted by molar-refractivity contribution is -0.153. The number of carbonyl (C=O) groups is 4. The molecule has 32 heavy (non-hydrogen) atoms. The summed E-state index contributed by atoms with van der Waals surface area (Å²) in [4.78, 5) is 53.8. The van der Waals surface area contributed by atoms with Crippen LogP contribution in [0.1, 0.15) is 5.56 Å². The maximum atomic E-state index is 13.0. The molecule has 1 aromatic rings. The lowest BCUT2D eigenvalue weighted by atomic mass is 9.98. The topological polar surface area (TPSA) is 138 Å². The van der Waals surface area contributed by atoms with E-state index in [-0.39, 0.29) is 23.9 Å². The summed E-state index contributed by atoms with van der Waals surface area (Å²) in [5, 5.41) is 11.8. The number of hydrogen-bond acceptors (Lipinski definition) is 9. The molecule has 0 aliphatic carbocycles. The van der Waals surface area contributed by atoms with Crippen molar-refractivity contribution in [3.05, 3.63) is 47.0 Å². The minimum absolute atomic E-state index is 0.0841. The maximum Gasteiger partial charge on any atom is 0.331 e. The Bertz CT molecular complexity index is 957. The Morgan fingerprint density at radius 3 is 2.72 bits per heavy atom. The van der Waals surface area contributed by atoms with E-state index in [0.29, 0.717) is 5.88 Å². The summed E-state index contributed by atoms with van der Waals surface area (Å²) >= 11 is 6.86. The van der Waals surface area contributed by atoms with Gasteiger partial charge in [0.15, 0.2) is 11.8 Å². The lowest BCUT2D eigenvalue weighted by Crippen LogP contribution is -2.72. The smallest absolute Gasteiger partial charge is 0.331 e. The molecule has 2 heterocycles. The van der Waals surface area contributed by atoms with Crippen molar-refractivity contribution in [2.45, 2.75) is 18.7 Å². The summed E-state index contributed by atoms with van der Waals surface area (Å²) in [6, 6.07) is 7.02. The van der Waals surface area contributed by atoms with Gasteiger partial charge in [-0.2, -0.15) is 0 Å². The van der Waals surface area contributed by atoms with Gasteiger partial charge in [-0.25, -0.2) is 4.79 Å². The minimum Gasteiger partial charge on any atom is -0.467 e. The molecular formula is C19H20ClN5O6S. The van der Waals surface area contributed by atoms with E-state index >= 15 is 0 Å². The molecule has 3 rings (SSSR count). The third-order valence-electron chi connectivity index (χ3n) is 4.41. The molecule has 0 bridgehead atoms. The summed E-state index contributed by atoms with van der Waals surface area (Å²) in [6.45, 7) is 0.0841. The van der Waals surface area contributed by atoms with Gasteiger partial charge in [0, 0.05) is 5.41 Å². The van der Waals surface area contributed by atoms with E-state index in [4.69, 9.17) is 16.4 Å². The highest BCUT2D eigenvalue weighted by atomic mass is 35.5. The number of carbonyl (C=O) groups excluding carboxylic acids is 4. The molecule has 0 unspecified atom stereocenters. The van der Waals surface area contributed by atoms with E-state index in [1.54, 1.807) is 5.41 Å². The Morgan fingerprint density at radius 2 is 2.06 bits per heavy atom. The van der Waals surface area contributed by atoms with Crippen LogP contribution in [-0.2, 0) is 35.4 Å². The molecule has 2 aliphatic heterocycles. The molecule has 2 atom stereocenters. The van der Waals surface area contributed by atoms with Gasteiger partial charge in [-0.3, -0.25) is 24.8 Å². The third kappa shape index (κ3) is 5.51. The van der Waals surface area contributed by atoms with Crippen molar-refractivity contribution in [2.75, 3.05) is 18.9 Å². The molecule has 3 N–H and O–H groups in total. The van der Waals surface area contributed by atoms with Gasteiger partial charge in [0.25, 0.3) is 11.8 Å². The van der Waals surface area contributed by atoms with Crippen molar-refractivity contribution in [2.24, 2.45) is 5.16 Å². The molecular weight excluding hydrogens is 462 g/mol. The van der Waals surface area contributed by atoms with E-state index in [0.717, 1.165) is 5.56 Å². The fourth-order valence-electron chi connectivity index (χ4n) is 2.79. The first-order chi connectivity index (χ1) is 15.4. The molecule has 0 radical (unpaired) electrons. The number of rotatable bonds is 9. The molecule has 2 aliphatic rings. The zero-order valence-electron chi connectivity index (χ0n) is 16.9. The Morgan fingerprint density at radius 1 is 1.31 bits per heavy atom. The first-order valence-corrected chi connectivity index (χ1v) is 10.9. The number of methoxy groups -OCH3 is 1. The molecule has 170 valence electrons. The zero-order chi connectivity index (χ0) is 23.1. The number of oxime groups is 1. The number of nitrogens with one attached hydrogen (secondary N) is 3.